The zero-order chi connectivity index (χ0) is 24.2. The predicted octanol–water partition coefficient (Wildman–Crippen LogP) is 3.94. The summed E-state index contributed by atoms with van der Waals surface area (Å²) in [6.45, 7) is 3.99. The first-order chi connectivity index (χ1) is 16.5. The number of hydrogen-bond acceptors (Lipinski definition) is 7. The summed E-state index contributed by atoms with van der Waals surface area (Å²) in [5.74, 6) is 1.03. The molecule has 2 aromatic carbocycles. The number of fused-ring (bicyclic) bond motifs is 1. The van der Waals surface area contributed by atoms with E-state index in [4.69, 9.17) is 9.47 Å². The van der Waals surface area contributed by atoms with Crippen molar-refractivity contribution >= 4 is 34.3 Å². The molecule has 174 valence electrons. The van der Waals surface area contributed by atoms with Crippen LogP contribution in [0.4, 0.5) is 11.6 Å². The van der Waals surface area contributed by atoms with Crippen LogP contribution in [0.15, 0.2) is 55.2 Å². The zero-order valence-electron chi connectivity index (χ0n) is 19.4. The molecule has 0 fully saturated rings. The molecule has 0 aliphatic rings. The molecule has 0 spiro atoms. The van der Waals surface area contributed by atoms with Crippen LogP contribution in [0, 0.1) is 0 Å². The van der Waals surface area contributed by atoms with Crippen LogP contribution in [0.1, 0.15) is 15.9 Å². The van der Waals surface area contributed by atoms with E-state index in [1.807, 2.05) is 37.5 Å². The maximum absolute atomic E-state index is 11.9. The molecule has 2 aromatic heterocycles. The SMILES string of the molecule is C=C(NC)c1ccc(-c2c[nH]c3nc(Nc4ccc(C(=O)NC)cc4OC)nc(OC)c23)cc1. The number of carbonyl (C=O) groups excluding carboxylic acids is 1. The highest BCUT2D eigenvalue weighted by Gasteiger charge is 2.17. The van der Waals surface area contributed by atoms with Gasteiger partial charge in [0.2, 0.25) is 11.8 Å². The van der Waals surface area contributed by atoms with Crippen LogP contribution in [-0.2, 0) is 0 Å². The summed E-state index contributed by atoms with van der Waals surface area (Å²) in [7, 11) is 6.53. The molecule has 0 unspecified atom stereocenters. The summed E-state index contributed by atoms with van der Waals surface area (Å²) in [5, 5.41) is 9.58. The van der Waals surface area contributed by atoms with Crippen LogP contribution in [-0.4, -0.2) is 49.2 Å². The fourth-order valence-electron chi connectivity index (χ4n) is 3.63. The second-order valence-corrected chi connectivity index (χ2v) is 7.41. The van der Waals surface area contributed by atoms with Crippen LogP contribution in [0.2, 0.25) is 0 Å². The largest absolute Gasteiger partial charge is 0.495 e. The number of aromatic amines is 1. The Morgan fingerprint density at radius 3 is 2.35 bits per heavy atom. The molecule has 0 atom stereocenters. The minimum Gasteiger partial charge on any atom is -0.495 e. The Morgan fingerprint density at radius 1 is 0.971 bits per heavy atom. The number of ether oxygens (including phenoxy) is 2. The maximum Gasteiger partial charge on any atom is 0.251 e. The average Bonchev–Trinajstić information content (AvgIpc) is 3.31. The number of anilines is 2. The van der Waals surface area contributed by atoms with Crippen LogP contribution in [0.3, 0.4) is 0 Å². The first-order valence-corrected chi connectivity index (χ1v) is 10.6. The average molecular weight is 459 g/mol. The van der Waals surface area contributed by atoms with Gasteiger partial charge in [0, 0.05) is 37.1 Å². The van der Waals surface area contributed by atoms with E-state index in [9.17, 15) is 4.79 Å². The van der Waals surface area contributed by atoms with Crippen LogP contribution in [0.25, 0.3) is 27.9 Å². The molecule has 4 aromatic rings. The molecule has 0 bridgehead atoms. The van der Waals surface area contributed by atoms with Gasteiger partial charge in [-0.3, -0.25) is 4.79 Å². The molecule has 34 heavy (non-hydrogen) atoms. The maximum atomic E-state index is 11.9. The van der Waals surface area contributed by atoms with Crippen molar-refractivity contribution in [2.24, 2.45) is 0 Å². The van der Waals surface area contributed by atoms with E-state index >= 15 is 0 Å². The Hall–Kier alpha value is -4.53. The second-order valence-electron chi connectivity index (χ2n) is 7.41. The quantitative estimate of drug-likeness (QED) is 0.316. The third-order valence-corrected chi connectivity index (χ3v) is 5.48. The van der Waals surface area contributed by atoms with Crippen molar-refractivity contribution < 1.29 is 14.3 Å². The summed E-state index contributed by atoms with van der Waals surface area (Å²) >= 11 is 0. The van der Waals surface area contributed by atoms with E-state index in [2.05, 4.69) is 37.5 Å². The topological polar surface area (TPSA) is 113 Å². The van der Waals surface area contributed by atoms with Crippen molar-refractivity contribution in [1.29, 1.82) is 0 Å². The number of benzene rings is 2. The van der Waals surface area contributed by atoms with E-state index < -0.39 is 0 Å². The van der Waals surface area contributed by atoms with E-state index in [0.29, 0.717) is 34.5 Å². The first-order valence-electron chi connectivity index (χ1n) is 10.6. The number of H-pyrrole nitrogens is 1. The third-order valence-electron chi connectivity index (χ3n) is 5.48. The number of methoxy groups -OCH3 is 2. The van der Waals surface area contributed by atoms with Gasteiger partial charge in [0.15, 0.2) is 0 Å². The smallest absolute Gasteiger partial charge is 0.251 e. The highest BCUT2D eigenvalue weighted by molar-refractivity contribution is 5.98. The van der Waals surface area contributed by atoms with Crippen LogP contribution in [0.5, 0.6) is 11.6 Å². The van der Waals surface area contributed by atoms with Crippen molar-refractivity contribution in [1.82, 2.24) is 25.6 Å². The van der Waals surface area contributed by atoms with E-state index in [1.165, 1.54) is 7.11 Å². The van der Waals surface area contributed by atoms with Gasteiger partial charge < -0.3 is 30.4 Å². The van der Waals surface area contributed by atoms with Gasteiger partial charge in [0.25, 0.3) is 5.91 Å². The van der Waals surface area contributed by atoms with E-state index in [-0.39, 0.29) is 5.91 Å². The molecular formula is C25H26N6O3. The molecule has 1 amide bonds. The number of hydrogen-bond donors (Lipinski definition) is 4. The second kappa shape index (κ2) is 9.53. The minimum atomic E-state index is -0.202. The Bertz CT molecular complexity index is 1360. The lowest BCUT2D eigenvalue weighted by atomic mass is 10.0. The molecule has 0 saturated carbocycles. The fraction of sp³-hybridized carbons (Fsp3) is 0.160. The number of nitrogens with zero attached hydrogens (tertiary/aromatic N) is 2. The third kappa shape index (κ3) is 4.23. The molecule has 4 N–H and O–H groups in total. The van der Waals surface area contributed by atoms with Crippen molar-refractivity contribution in [2.75, 3.05) is 33.6 Å². The van der Waals surface area contributed by atoms with Crippen LogP contribution >= 0.6 is 0 Å². The summed E-state index contributed by atoms with van der Waals surface area (Å²) < 4.78 is 11.1. The van der Waals surface area contributed by atoms with Gasteiger partial charge in [0.05, 0.1) is 25.3 Å². The van der Waals surface area contributed by atoms with Crippen molar-refractivity contribution in [3.05, 3.63) is 66.4 Å². The minimum absolute atomic E-state index is 0.202. The van der Waals surface area contributed by atoms with E-state index in [0.717, 1.165) is 27.8 Å². The monoisotopic (exact) mass is 458 g/mol. The molecule has 0 radical (unpaired) electrons. The standard InChI is InChI=1S/C25H26N6O3/c1-14(26-2)15-6-8-16(9-7-15)18-13-28-22-21(18)24(34-5)31-25(30-22)29-19-11-10-17(23(32)27-3)12-20(19)33-4/h6-13,26H,1H2,2-5H3,(H,27,32)(H2,28,29,30,31). The van der Waals surface area contributed by atoms with Gasteiger partial charge in [0.1, 0.15) is 11.4 Å². The summed E-state index contributed by atoms with van der Waals surface area (Å²) in [4.78, 5) is 24.3. The molecule has 9 heteroatoms. The lowest BCUT2D eigenvalue weighted by Gasteiger charge is -2.13. The predicted molar refractivity (Wildman–Crippen MR) is 134 cm³/mol. The summed E-state index contributed by atoms with van der Waals surface area (Å²) in [6.07, 6.45) is 1.88. The Balaban J connectivity index is 1.70. The molecule has 4 rings (SSSR count). The van der Waals surface area contributed by atoms with Gasteiger partial charge in [-0.15, -0.1) is 0 Å². The Kier molecular flexibility index (Phi) is 6.35. The molecule has 9 nitrogen and oxygen atoms in total. The van der Waals surface area contributed by atoms with Gasteiger partial charge in [-0.2, -0.15) is 9.97 Å². The number of rotatable bonds is 8. The summed E-state index contributed by atoms with van der Waals surface area (Å²) in [5.41, 5.74) is 5.49. The molecule has 0 aliphatic carbocycles. The molecule has 0 saturated heterocycles. The fourth-order valence-corrected chi connectivity index (χ4v) is 3.63. The van der Waals surface area contributed by atoms with Gasteiger partial charge in [-0.05, 0) is 29.3 Å². The molecule has 2 heterocycles. The normalized spacial score (nSPS) is 10.6. The van der Waals surface area contributed by atoms with Crippen molar-refractivity contribution in [2.45, 2.75) is 0 Å². The van der Waals surface area contributed by atoms with Crippen molar-refractivity contribution in [3.8, 4) is 22.8 Å². The van der Waals surface area contributed by atoms with E-state index in [1.54, 1.807) is 32.4 Å². The molecule has 0 aliphatic heterocycles. The van der Waals surface area contributed by atoms with Gasteiger partial charge in [-0.25, -0.2) is 0 Å². The molecular weight excluding hydrogens is 432 g/mol. The van der Waals surface area contributed by atoms with Gasteiger partial charge >= 0.3 is 0 Å². The number of nitrogens with one attached hydrogen (secondary N) is 4. The first kappa shape index (κ1) is 22.7. The van der Waals surface area contributed by atoms with Crippen LogP contribution < -0.4 is 25.4 Å². The highest BCUT2D eigenvalue weighted by atomic mass is 16.5. The zero-order valence-corrected chi connectivity index (χ0v) is 19.4. The number of carbonyl (C=O) groups is 1. The van der Waals surface area contributed by atoms with Crippen molar-refractivity contribution in [3.63, 3.8) is 0 Å². The number of aromatic nitrogens is 3. The lowest BCUT2D eigenvalue weighted by molar-refractivity contribution is 0.0963. The van der Waals surface area contributed by atoms with Gasteiger partial charge in [-0.1, -0.05) is 30.8 Å². The lowest BCUT2D eigenvalue weighted by Crippen LogP contribution is -2.17. The Morgan fingerprint density at radius 2 is 1.71 bits per heavy atom. The number of amides is 1. The Labute approximate surface area is 197 Å². The highest BCUT2D eigenvalue weighted by Crippen LogP contribution is 2.36. The summed E-state index contributed by atoms with van der Waals surface area (Å²) in [6, 6.07) is 13.1.